The lowest BCUT2D eigenvalue weighted by Gasteiger charge is -2.27. The Kier molecular flexibility index (Phi) is 7.20. The molecular weight excluding hydrogens is 410 g/mol. The van der Waals surface area contributed by atoms with Crippen molar-refractivity contribution in [2.45, 2.75) is 32.9 Å². The predicted molar refractivity (Wildman–Crippen MR) is 121 cm³/mol. The molecule has 170 valence electrons. The molecule has 32 heavy (non-hydrogen) atoms. The summed E-state index contributed by atoms with van der Waals surface area (Å²) in [6, 6.07) is 11.7. The number of methoxy groups -OCH3 is 2. The first-order valence-corrected chi connectivity index (χ1v) is 10.5. The minimum Gasteiger partial charge on any atom is -0.507 e. The Labute approximate surface area is 188 Å². The molecule has 0 aliphatic carbocycles. The molecule has 3 rings (SSSR count). The molecule has 0 radical (unpaired) electrons. The lowest BCUT2D eigenvalue weighted by Crippen LogP contribution is -2.33. The van der Waals surface area contributed by atoms with Gasteiger partial charge in [-0.2, -0.15) is 0 Å². The number of amides is 1. The lowest BCUT2D eigenvalue weighted by molar-refractivity contribution is -0.140. The van der Waals surface area contributed by atoms with Gasteiger partial charge in [0.1, 0.15) is 17.3 Å². The van der Waals surface area contributed by atoms with Crippen LogP contribution in [0.1, 0.15) is 36.6 Å². The average Bonchev–Trinajstić information content (AvgIpc) is 3.01. The molecule has 1 aliphatic rings. The molecule has 0 spiro atoms. The van der Waals surface area contributed by atoms with Gasteiger partial charge in [-0.1, -0.05) is 29.8 Å². The molecule has 2 aromatic rings. The van der Waals surface area contributed by atoms with Crippen LogP contribution in [0, 0.1) is 6.92 Å². The van der Waals surface area contributed by atoms with Crippen LogP contribution in [0.5, 0.6) is 11.5 Å². The normalized spacial score (nSPS) is 17.8. The van der Waals surface area contributed by atoms with Crippen LogP contribution in [0.2, 0.25) is 0 Å². The number of nitrogens with zero attached hydrogens (tertiary/aromatic N) is 1. The van der Waals surface area contributed by atoms with E-state index >= 15 is 0 Å². The number of ketones is 1. The molecule has 1 unspecified atom stereocenters. The van der Waals surface area contributed by atoms with E-state index in [0.29, 0.717) is 22.6 Å². The molecular formula is C25H29NO6. The molecule has 1 fully saturated rings. The molecule has 1 aliphatic heterocycles. The summed E-state index contributed by atoms with van der Waals surface area (Å²) in [4.78, 5) is 27.6. The smallest absolute Gasteiger partial charge is 0.295 e. The first-order chi connectivity index (χ1) is 15.3. The number of aryl methyl sites for hydroxylation is 1. The molecule has 1 N–H and O–H groups in total. The van der Waals surface area contributed by atoms with E-state index in [2.05, 4.69) is 0 Å². The number of benzene rings is 2. The molecule has 0 bridgehead atoms. The molecule has 1 amide bonds. The number of rotatable bonds is 8. The second kappa shape index (κ2) is 9.87. The van der Waals surface area contributed by atoms with E-state index in [0.717, 1.165) is 5.56 Å². The van der Waals surface area contributed by atoms with Gasteiger partial charge in [-0.3, -0.25) is 9.59 Å². The van der Waals surface area contributed by atoms with E-state index in [1.807, 2.05) is 39.0 Å². The summed E-state index contributed by atoms with van der Waals surface area (Å²) in [7, 11) is 3.01. The fourth-order valence-electron chi connectivity index (χ4n) is 3.84. The van der Waals surface area contributed by atoms with Crippen LogP contribution in [-0.4, -0.2) is 55.2 Å². The maximum Gasteiger partial charge on any atom is 0.295 e. The summed E-state index contributed by atoms with van der Waals surface area (Å²) in [6.45, 7) is 6.09. The summed E-state index contributed by atoms with van der Waals surface area (Å²) in [5, 5.41) is 11.3. The molecule has 7 nitrogen and oxygen atoms in total. The van der Waals surface area contributed by atoms with Crippen LogP contribution in [-0.2, 0) is 14.3 Å². The quantitative estimate of drug-likeness (QED) is 0.382. The lowest BCUT2D eigenvalue weighted by atomic mass is 9.94. The predicted octanol–water partition coefficient (Wildman–Crippen LogP) is 3.86. The maximum atomic E-state index is 13.2. The number of ether oxygens (including phenoxy) is 3. The SMILES string of the molecule is COCCN1C(=O)C(=O)/C(=C(/O)c2cc(C)ccc2OC)C1c1ccccc1OC(C)C. The molecule has 7 heteroatoms. The van der Waals surface area contributed by atoms with Gasteiger partial charge in [0.15, 0.2) is 0 Å². The van der Waals surface area contributed by atoms with Crippen LogP contribution in [0.25, 0.3) is 5.76 Å². The van der Waals surface area contributed by atoms with E-state index in [1.54, 1.807) is 24.3 Å². The molecule has 1 atom stereocenters. The van der Waals surface area contributed by atoms with Gasteiger partial charge < -0.3 is 24.2 Å². The second-order valence-electron chi connectivity index (χ2n) is 7.89. The van der Waals surface area contributed by atoms with Crippen LogP contribution >= 0.6 is 0 Å². The number of Topliss-reactive ketones (excluding diaryl/α,β-unsaturated/α-hetero) is 1. The van der Waals surface area contributed by atoms with Crippen molar-refractivity contribution in [3.63, 3.8) is 0 Å². The highest BCUT2D eigenvalue weighted by Crippen LogP contribution is 2.43. The van der Waals surface area contributed by atoms with Gasteiger partial charge in [0.2, 0.25) is 0 Å². The number of hydrogen-bond acceptors (Lipinski definition) is 6. The highest BCUT2D eigenvalue weighted by molar-refractivity contribution is 6.46. The van der Waals surface area contributed by atoms with Gasteiger partial charge in [-0.25, -0.2) is 0 Å². The van der Waals surface area contributed by atoms with Crippen molar-refractivity contribution >= 4 is 17.4 Å². The fraction of sp³-hybridized carbons (Fsp3) is 0.360. The zero-order valence-corrected chi connectivity index (χ0v) is 19.0. The molecule has 1 saturated heterocycles. The van der Waals surface area contributed by atoms with Crippen molar-refractivity contribution in [2.24, 2.45) is 0 Å². The van der Waals surface area contributed by atoms with Gasteiger partial charge in [0, 0.05) is 19.2 Å². The molecule has 1 heterocycles. The Bertz CT molecular complexity index is 1040. The molecule has 2 aromatic carbocycles. The minimum atomic E-state index is -0.828. The van der Waals surface area contributed by atoms with E-state index in [4.69, 9.17) is 14.2 Å². The summed E-state index contributed by atoms with van der Waals surface area (Å²) in [5.74, 6) is -0.792. The van der Waals surface area contributed by atoms with Crippen LogP contribution in [0.15, 0.2) is 48.0 Å². The van der Waals surface area contributed by atoms with Crippen LogP contribution in [0.4, 0.5) is 0 Å². The number of likely N-dealkylation sites (tertiary alicyclic amines) is 1. The third-order valence-corrected chi connectivity index (χ3v) is 5.26. The minimum absolute atomic E-state index is 0.00481. The second-order valence-corrected chi connectivity index (χ2v) is 7.89. The summed E-state index contributed by atoms with van der Waals surface area (Å²) in [6.07, 6.45) is -0.116. The van der Waals surface area contributed by atoms with E-state index in [9.17, 15) is 14.7 Å². The average molecular weight is 440 g/mol. The standard InChI is InChI=1S/C25H29NO6/c1-15(2)32-20-9-7-6-8-17(20)22-21(24(28)25(29)26(22)12-13-30-4)23(27)18-14-16(3)10-11-19(18)31-5/h6-11,14-15,22,27H,12-13H2,1-5H3/b23-21+. The molecule has 0 aromatic heterocycles. The summed E-state index contributed by atoms with van der Waals surface area (Å²) >= 11 is 0. The van der Waals surface area contributed by atoms with E-state index in [-0.39, 0.29) is 30.6 Å². The largest absolute Gasteiger partial charge is 0.507 e. The third-order valence-electron chi connectivity index (χ3n) is 5.26. The Balaban J connectivity index is 2.26. The Morgan fingerprint density at radius 1 is 1.09 bits per heavy atom. The van der Waals surface area contributed by atoms with Crippen LogP contribution < -0.4 is 9.47 Å². The number of carbonyl (C=O) groups excluding carboxylic acids is 2. The van der Waals surface area contributed by atoms with Crippen molar-refractivity contribution in [2.75, 3.05) is 27.4 Å². The maximum absolute atomic E-state index is 13.2. The zero-order valence-electron chi connectivity index (χ0n) is 19.0. The van der Waals surface area contributed by atoms with E-state index < -0.39 is 17.7 Å². The highest BCUT2D eigenvalue weighted by Gasteiger charge is 2.47. The van der Waals surface area contributed by atoms with Crippen LogP contribution in [0.3, 0.4) is 0 Å². The van der Waals surface area contributed by atoms with Gasteiger partial charge in [-0.05, 0) is 39.0 Å². The molecule has 0 saturated carbocycles. The Morgan fingerprint density at radius 2 is 1.81 bits per heavy atom. The fourth-order valence-corrected chi connectivity index (χ4v) is 3.84. The van der Waals surface area contributed by atoms with Crippen molar-refractivity contribution in [3.8, 4) is 11.5 Å². The van der Waals surface area contributed by atoms with Gasteiger partial charge in [0.25, 0.3) is 11.7 Å². The van der Waals surface area contributed by atoms with Crippen molar-refractivity contribution in [3.05, 3.63) is 64.7 Å². The van der Waals surface area contributed by atoms with Gasteiger partial charge in [-0.15, -0.1) is 0 Å². The zero-order chi connectivity index (χ0) is 23.4. The van der Waals surface area contributed by atoms with Crippen molar-refractivity contribution in [1.82, 2.24) is 4.90 Å². The number of carbonyl (C=O) groups is 2. The number of aliphatic hydroxyl groups excluding tert-OH is 1. The first-order valence-electron chi connectivity index (χ1n) is 10.5. The monoisotopic (exact) mass is 439 g/mol. The number of aliphatic hydroxyl groups is 1. The summed E-state index contributed by atoms with van der Waals surface area (Å²) in [5.41, 5.74) is 1.84. The first kappa shape index (κ1) is 23.3. The van der Waals surface area contributed by atoms with Crippen molar-refractivity contribution in [1.29, 1.82) is 0 Å². The number of hydrogen-bond donors (Lipinski definition) is 1. The third kappa shape index (κ3) is 4.48. The Hall–Kier alpha value is -3.32. The van der Waals surface area contributed by atoms with Gasteiger partial charge >= 0.3 is 0 Å². The topological polar surface area (TPSA) is 85.3 Å². The van der Waals surface area contributed by atoms with Crippen molar-refractivity contribution < 1.29 is 28.9 Å². The van der Waals surface area contributed by atoms with Gasteiger partial charge in [0.05, 0.1) is 37.0 Å². The number of para-hydroxylation sites is 1. The highest BCUT2D eigenvalue weighted by atomic mass is 16.5. The van der Waals surface area contributed by atoms with E-state index in [1.165, 1.54) is 19.1 Å². The summed E-state index contributed by atoms with van der Waals surface area (Å²) < 4.78 is 16.5. The Morgan fingerprint density at radius 3 is 2.47 bits per heavy atom.